The molecule has 2 N–H and O–H groups in total. The van der Waals surface area contributed by atoms with Gasteiger partial charge in [-0.1, -0.05) is 23.7 Å². The molecule has 0 aliphatic carbocycles. The van der Waals surface area contributed by atoms with Crippen molar-refractivity contribution in [2.75, 3.05) is 6.26 Å². The van der Waals surface area contributed by atoms with Crippen molar-refractivity contribution in [3.05, 3.63) is 56.6 Å². The molecule has 1 amide bonds. The molecule has 5 nitrogen and oxygen atoms in total. The molecular weight excluding hydrogens is 322 g/mol. The molecule has 0 radical (unpaired) electrons. The fourth-order valence-corrected chi connectivity index (χ4v) is 2.83. The lowest BCUT2D eigenvalue weighted by molar-refractivity contribution is 0.0935. The van der Waals surface area contributed by atoms with Crippen molar-refractivity contribution in [3.63, 3.8) is 0 Å². The van der Waals surface area contributed by atoms with Gasteiger partial charge in [0.2, 0.25) is 0 Å². The molecule has 22 heavy (non-hydrogen) atoms. The molecule has 2 aromatic rings. The molecular formula is C15H16ClN3O2S. The van der Waals surface area contributed by atoms with E-state index in [4.69, 9.17) is 11.6 Å². The van der Waals surface area contributed by atoms with Gasteiger partial charge in [0.15, 0.2) is 0 Å². The number of nitrogens with one attached hydrogen (secondary N) is 2. The van der Waals surface area contributed by atoms with Gasteiger partial charge in [-0.15, -0.1) is 11.8 Å². The van der Waals surface area contributed by atoms with Crippen molar-refractivity contribution in [2.45, 2.75) is 24.9 Å². The minimum atomic E-state index is -0.454. The molecule has 1 aromatic carbocycles. The summed E-state index contributed by atoms with van der Waals surface area (Å²) in [6, 6.07) is 7.09. The summed E-state index contributed by atoms with van der Waals surface area (Å²) in [6.07, 6.45) is 1.78. The maximum absolute atomic E-state index is 12.5. The van der Waals surface area contributed by atoms with Crippen LogP contribution in [0.1, 0.15) is 34.6 Å². The number of aromatic amines is 1. The van der Waals surface area contributed by atoms with Gasteiger partial charge in [-0.05, 0) is 37.8 Å². The van der Waals surface area contributed by atoms with E-state index in [0.29, 0.717) is 21.3 Å². The van der Waals surface area contributed by atoms with Crippen molar-refractivity contribution in [3.8, 4) is 0 Å². The largest absolute Gasteiger partial charge is 0.346 e. The van der Waals surface area contributed by atoms with Crippen LogP contribution in [-0.2, 0) is 0 Å². The summed E-state index contributed by atoms with van der Waals surface area (Å²) in [5, 5.41) is 3.97. The number of hydrogen-bond acceptors (Lipinski definition) is 4. The lowest BCUT2D eigenvalue weighted by atomic mass is 10.1. The number of carbonyl (C=O) groups is 1. The summed E-state index contributed by atoms with van der Waals surface area (Å²) >= 11 is 7.13. The summed E-state index contributed by atoms with van der Waals surface area (Å²) in [5.74, 6) is -0.270. The molecule has 0 unspecified atom stereocenters. The van der Waals surface area contributed by atoms with Crippen LogP contribution in [0, 0.1) is 6.92 Å². The van der Waals surface area contributed by atoms with Crippen LogP contribution in [0.5, 0.6) is 0 Å². The second-order valence-corrected chi connectivity index (χ2v) is 6.03. The molecule has 0 spiro atoms. The number of aryl methyl sites for hydroxylation is 1. The second-order valence-electron chi connectivity index (χ2n) is 4.80. The molecule has 1 heterocycles. The topological polar surface area (TPSA) is 74.8 Å². The maximum atomic E-state index is 12.5. The normalized spacial score (nSPS) is 12.0. The number of benzene rings is 1. The van der Waals surface area contributed by atoms with Gasteiger partial charge < -0.3 is 10.3 Å². The summed E-state index contributed by atoms with van der Waals surface area (Å²) < 4.78 is 0. The van der Waals surface area contributed by atoms with Crippen LogP contribution in [0.15, 0.2) is 34.1 Å². The number of nitrogens with zero attached hydrogens (tertiary/aromatic N) is 1. The number of thioether (sulfide) groups is 1. The van der Waals surface area contributed by atoms with Gasteiger partial charge in [-0.25, -0.2) is 4.79 Å². The van der Waals surface area contributed by atoms with E-state index < -0.39 is 5.69 Å². The van der Waals surface area contributed by atoms with Crippen LogP contribution in [0.25, 0.3) is 0 Å². The SMILES string of the molecule is CSc1nc(=O)[nH]c(C)c1C(=O)N[C@H](C)c1ccc(Cl)cc1. The number of hydrogen-bond donors (Lipinski definition) is 2. The van der Waals surface area contributed by atoms with Crippen molar-refractivity contribution in [2.24, 2.45) is 0 Å². The van der Waals surface area contributed by atoms with E-state index in [1.807, 2.05) is 19.1 Å². The predicted molar refractivity (Wildman–Crippen MR) is 88.7 cm³/mol. The Morgan fingerprint density at radius 2 is 2.00 bits per heavy atom. The fraction of sp³-hybridized carbons (Fsp3) is 0.267. The second kappa shape index (κ2) is 6.98. The van der Waals surface area contributed by atoms with Gasteiger partial charge in [0.05, 0.1) is 11.6 Å². The Morgan fingerprint density at radius 3 is 2.59 bits per heavy atom. The Balaban J connectivity index is 2.26. The van der Waals surface area contributed by atoms with Crippen molar-refractivity contribution < 1.29 is 4.79 Å². The molecule has 0 aliphatic heterocycles. The minimum absolute atomic E-state index is 0.189. The number of rotatable bonds is 4. The summed E-state index contributed by atoms with van der Waals surface area (Å²) in [4.78, 5) is 30.3. The zero-order valence-corrected chi connectivity index (χ0v) is 14.0. The van der Waals surface area contributed by atoms with E-state index in [0.717, 1.165) is 5.56 Å². The van der Waals surface area contributed by atoms with Gasteiger partial charge >= 0.3 is 5.69 Å². The monoisotopic (exact) mass is 337 g/mol. The highest BCUT2D eigenvalue weighted by molar-refractivity contribution is 7.98. The first kappa shape index (κ1) is 16.6. The van der Waals surface area contributed by atoms with Crippen molar-refractivity contribution in [1.82, 2.24) is 15.3 Å². The van der Waals surface area contributed by atoms with E-state index in [1.165, 1.54) is 11.8 Å². The van der Waals surface area contributed by atoms with Crippen LogP contribution < -0.4 is 11.0 Å². The van der Waals surface area contributed by atoms with Crippen LogP contribution in [0.2, 0.25) is 5.02 Å². The average molecular weight is 338 g/mol. The van der Waals surface area contributed by atoms with Gasteiger partial charge in [0.25, 0.3) is 5.91 Å². The molecule has 0 saturated heterocycles. The van der Waals surface area contributed by atoms with Crippen molar-refractivity contribution in [1.29, 1.82) is 0 Å². The lowest BCUT2D eigenvalue weighted by Crippen LogP contribution is -2.30. The smallest absolute Gasteiger partial charge is 0.345 e. The standard InChI is InChI=1S/C15H16ClN3O2S/c1-8(10-4-6-11(16)7-5-10)17-13(20)12-9(2)18-15(21)19-14(12)22-3/h4-8H,1-3H3,(H,17,20)(H,18,19,21)/t8-/m1/s1. The Kier molecular flexibility index (Phi) is 5.26. The molecule has 7 heteroatoms. The summed E-state index contributed by atoms with van der Waals surface area (Å²) in [7, 11) is 0. The summed E-state index contributed by atoms with van der Waals surface area (Å²) in [5.41, 5.74) is 1.39. The van der Waals surface area contributed by atoms with Gasteiger partial charge in [0, 0.05) is 10.7 Å². The average Bonchev–Trinajstić information content (AvgIpc) is 2.46. The Hall–Kier alpha value is -1.79. The minimum Gasteiger partial charge on any atom is -0.345 e. The number of aromatic nitrogens is 2. The number of amides is 1. The van der Waals surface area contributed by atoms with E-state index in [-0.39, 0.29) is 11.9 Å². The van der Waals surface area contributed by atoms with Crippen LogP contribution in [0.3, 0.4) is 0 Å². The molecule has 0 fully saturated rings. The molecule has 116 valence electrons. The van der Waals surface area contributed by atoms with Crippen molar-refractivity contribution >= 4 is 29.3 Å². The van der Waals surface area contributed by atoms with Crippen LogP contribution in [0.4, 0.5) is 0 Å². The first-order valence-electron chi connectivity index (χ1n) is 6.63. The van der Waals surface area contributed by atoms with E-state index in [2.05, 4.69) is 15.3 Å². The highest BCUT2D eigenvalue weighted by Gasteiger charge is 2.19. The van der Waals surface area contributed by atoms with Crippen LogP contribution in [-0.4, -0.2) is 22.1 Å². The zero-order valence-electron chi connectivity index (χ0n) is 12.4. The third-order valence-electron chi connectivity index (χ3n) is 3.22. The molecule has 2 rings (SSSR count). The molecule has 0 bridgehead atoms. The molecule has 1 aromatic heterocycles. The van der Waals surface area contributed by atoms with Gasteiger partial charge in [-0.3, -0.25) is 4.79 Å². The first-order valence-corrected chi connectivity index (χ1v) is 8.24. The maximum Gasteiger partial charge on any atom is 0.346 e. The first-order chi connectivity index (χ1) is 10.4. The zero-order chi connectivity index (χ0) is 16.3. The molecule has 0 aliphatic rings. The van der Waals surface area contributed by atoms with E-state index >= 15 is 0 Å². The number of halogens is 1. The van der Waals surface area contributed by atoms with Crippen LogP contribution >= 0.6 is 23.4 Å². The third kappa shape index (κ3) is 3.69. The van der Waals surface area contributed by atoms with Gasteiger partial charge in [0.1, 0.15) is 5.03 Å². The number of carbonyl (C=O) groups excluding carboxylic acids is 1. The quantitative estimate of drug-likeness (QED) is 0.664. The highest BCUT2D eigenvalue weighted by atomic mass is 35.5. The number of H-pyrrole nitrogens is 1. The Bertz CT molecular complexity index is 743. The fourth-order valence-electron chi connectivity index (χ4n) is 2.08. The predicted octanol–water partition coefficient (Wildman–Crippen LogP) is 2.94. The molecule has 1 atom stereocenters. The Morgan fingerprint density at radius 1 is 1.36 bits per heavy atom. The van der Waals surface area contributed by atoms with E-state index in [1.54, 1.807) is 25.3 Å². The summed E-state index contributed by atoms with van der Waals surface area (Å²) in [6.45, 7) is 3.57. The third-order valence-corrected chi connectivity index (χ3v) is 4.16. The lowest BCUT2D eigenvalue weighted by Gasteiger charge is -2.16. The molecule has 0 saturated carbocycles. The Labute approximate surface area is 137 Å². The van der Waals surface area contributed by atoms with Gasteiger partial charge in [-0.2, -0.15) is 4.98 Å². The van der Waals surface area contributed by atoms with E-state index in [9.17, 15) is 9.59 Å². The highest BCUT2D eigenvalue weighted by Crippen LogP contribution is 2.20.